The predicted molar refractivity (Wildman–Crippen MR) is 120 cm³/mol. The van der Waals surface area contributed by atoms with Crippen LogP contribution in [0.15, 0.2) is 78.9 Å². The van der Waals surface area contributed by atoms with Gasteiger partial charge >= 0.3 is 0 Å². The predicted octanol–water partition coefficient (Wildman–Crippen LogP) is 6.12. The van der Waals surface area contributed by atoms with Crippen LogP contribution in [0, 0.1) is 0 Å². The lowest BCUT2D eigenvalue weighted by Gasteiger charge is -2.07. The monoisotopic (exact) mass is 434 g/mol. The summed E-state index contributed by atoms with van der Waals surface area (Å²) in [5, 5.41) is 1.18. The van der Waals surface area contributed by atoms with E-state index >= 15 is 0 Å². The molecule has 0 saturated heterocycles. The molecule has 4 aromatic rings. The van der Waals surface area contributed by atoms with Crippen molar-refractivity contribution in [2.45, 2.75) is 6.54 Å². The first kappa shape index (κ1) is 20.1. The van der Waals surface area contributed by atoms with Gasteiger partial charge in [-0.15, -0.1) is 0 Å². The third-order valence-electron chi connectivity index (χ3n) is 4.64. The van der Waals surface area contributed by atoms with E-state index in [9.17, 15) is 9.59 Å². The van der Waals surface area contributed by atoms with Crippen molar-refractivity contribution < 1.29 is 9.59 Å². The lowest BCUT2D eigenvalue weighted by atomic mass is 10.1. The van der Waals surface area contributed by atoms with Gasteiger partial charge in [0.25, 0.3) is 0 Å². The Balaban J connectivity index is 1.67. The number of carbonyl (C=O) groups is 2. The molecule has 1 heterocycles. The highest BCUT2D eigenvalue weighted by atomic mass is 35.5. The van der Waals surface area contributed by atoms with Gasteiger partial charge in [-0.3, -0.25) is 9.59 Å². The molecule has 1 aromatic heterocycles. The number of fused-ring (bicyclic) bond motifs is 1. The molecule has 0 N–H and O–H groups in total. The zero-order valence-electron chi connectivity index (χ0n) is 15.8. The van der Waals surface area contributed by atoms with Crippen LogP contribution in [0.3, 0.4) is 0 Å². The molecule has 4 rings (SSSR count). The first-order chi connectivity index (χ1) is 14.5. The molecule has 6 heteroatoms. The summed E-state index contributed by atoms with van der Waals surface area (Å²) in [4.78, 5) is 30.2. The van der Waals surface area contributed by atoms with Crippen molar-refractivity contribution in [1.82, 2.24) is 9.55 Å². The molecule has 0 amide bonds. The third-order valence-corrected chi connectivity index (χ3v) is 5.14. The van der Waals surface area contributed by atoms with Gasteiger partial charge < -0.3 is 4.57 Å². The molecule has 0 fully saturated rings. The van der Waals surface area contributed by atoms with Crippen LogP contribution in [0.4, 0.5) is 0 Å². The Morgan fingerprint density at radius 2 is 1.50 bits per heavy atom. The molecule has 3 aromatic carbocycles. The normalized spacial score (nSPS) is 11.3. The second kappa shape index (κ2) is 8.66. The highest BCUT2D eigenvalue weighted by Crippen LogP contribution is 2.19. The third kappa shape index (κ3) is 4.35. The topological polar surface area (TPSA) is 52.0 Å². The average molecular weight is 435 g/mol. The molecule has 4 nitrogen and oxygen atoms in total. The van der Waals surface area contributed by atoms with Crippen LogP contribution in [0.1, 0.15) is 26.5 Å². The number of imidazole rings is 1. The first-order valence-corrected chi connectivity index (χ1v) is 9.99. The molecule has 30 heavy (non-hydrogen) atoms. The number of benzene rings is 3. The fraction of sp³-hybridized carbons (Fsp3) is 0.0417. The second-order valence-electron chi connectivity index (χ2n) is 6.69. The van der Waals surface area contributed by atoms with E-state index in [4.69, 9.17) is 23.2 Å². The lowest BCUT2D eigenvalue weighted by Crippen LogP contribution is -2.15. The number of ketones is 2. The van der Waals surface area contributed by atoms with Crippen molar-refractivity contribution >= 4 is 51.9 Å². The van der Waals surface area contributed by atoms with E-state index in [1.807, 2.05) is 36.4 Å². The van der Waals surface area contributed by atoms with Gasteiger partial charge in [0.15, 0.2) is 11.6 Å². The zero-order chi connectivity index (χ0) is 21.1. The van der Waals surface area contributed by atoms with Gasteiger partial charge in [0.2, 0.25) is 5.78 Å². The summed E-state index contributed by atoms with van der Waals surface area (Å²) in [6, 6.07) is 21.2. The number of allylic oxidation sites excluding steroid dienone is 1. The molecule has 0 aliphatic carbocycles. The number of Topliss-reactive ketones (excluding diaryl/α,β-unsaturated/α-hetero) is 1. The fourth-order valence-electron chi connectivity index (χ4n) is 3.11. The van der Waals surface area contributed by atoms with E-state index in [-0.39, 0.29) is 23.9 Å². The van der Waals surface area contributed by atoms with Gasteiger partial charge in [0.05, 0.1) is 17.6 Å². The van der Waals surface area contributed by atoms with E-state index in [0.717, 1.165) is 11.1 Å². The van der Waals surface area contributed by atoms with Crippen molar-refractivity contribution in [3.63, 3.8) is 0 Å². The minimum absolute atomic E-state index is 0.00198. The van der Waals surface area contributed by atoms with Crippen molar-refractivity contribution in [2.24, 2.45) is 0 Å². The largest absolute Gasteiger partial charge is 0.313 e. The van der Waals surface area contributed by atoms with Crippen LogP contribution in [-0.4, -0.2) is 21.1 Å². The molecule has 0 aliphatic heterocycles. The SMILES string of the molecule is O=C(Cn1c(C(=O)/C=C/c2ccc(Cl)cc2)nc2ccccc21)c1ccc(Cl)cc1. The molecule has 0 unspecified atom stereocenters. The number of rotatable bonds is 6. The number of aromatic nitrogens is 2. The van der Waals surface area contributed by atoms with Gasteiger partial charge in [-0.25, -0.2) is 4.98 Å². The molecular formula is C24H16Cl2N2O2. The smallest absolute Gasteiger partial charge is 0.221 e. The van der Waals surface area contributed by atoms with Crippen LogP contribution < -0.4 is 0 Å². The van der Waals surface area contributed by atoms with Gasteiger partial charge in [-0.2, -0.15) is 0 Å². The molecule has 0 atom stereocenters. The Hall–Kier alpha value is -3.21. The molecular weight excluding hydrogens is 419 g/mol. The quantitative estimate of drug-likeness (QED) is 0.271. The fourth-order valence-corrected chi connectivity index (χ4v) is 3.37. The molecule has 0 radical (unpaired) electrons. The number of para-hydroxylation sites is 2. The standard InChI is InChI=1S/C24H16Cl2N2O2/c25-18-10-5-16(6-11-18)7-14-22(29)24-27-20-3-1-2-4-21(20)28(24)15-23(30)17-8-12-19(26)13-9-17/h1-14H,15H2/b14-7+. The number of halogens is 2. The number of hydrogen-bond donors (Lipinski definition) is 0. The van der Waals surface area contributed by atoms with Crippen molar-refractivity contribution in [3.8, 4) is 0 Å². The van der Waals surface area contributed by atoms with Gasteiger partial charge in [-0.05, 0) is 60.2 Å². The summed E-state index contributed by atoms with van der Waals surface area (Å²) in [5.74, 6) is -0.209. The number of nitrogens with zero attached hydrogens (tertiary/aromatic N) is 2. The molecule has 148 valence electrons. The Bertz CT molecular complexity index is 1260. The average Bonchev–Trinajstić information content (AvgIpc) is 3.12. The van der Waals surface area contributed by atoms with Crippen molar-refractivity contribution in [2.75, 3.05) is 0 Å². The Kier molecular flexibility index (Phi) is 5.79. The van der Waals surface area contributed by atoms with E-state index < -0.39 is 0 Å². The maximum atomic E-state index is 12.9. The zero-order valence-corrected chi connectivity index (χ0v) is 17.3. The van der Waals surface area contributed by atoms with Crippen LogP contribution in [0.5, 0.6) is 0 Å². The highest BCUT2D eigenvalue weighted by molar-refractivity contribution is 6.31. The lowest BCUT2D eigenvalue weighted by molar-refractivity contribution is 0.0969. The van der Waals surface area contributed by atoms with Crippen LogP contribution in [-0.2, 0) is 6.54 Å². The number of hydrogen-bond acceptors (Lipinski definition) is 3. The van der Waals surface area contributed by atoms with Crippen molar-refractivity contribution in [1.29, 1.82) is 0 Å². The van der Waals surface area contributed by atoms with E-state index in [1.165, 1.54) is 6.08 Å². The van der Waals surface area contributed by atoms with Crippen LogP contribution in [0.2, 0.25) is 10.0 Å². The van der Waals surface area contributed by atoms with Crippen molar-refractivity contribution in [3.05, 3.63) is 106 Å². The summed E-state index contributed by atoms with van der Waals surface area (Å²) < 4.78 is 1.65. The van der Waals surface area contributed by atoms with Crippen LogP contribution >= 0.6 is 23.2 Å². The molecule has 0 aliphatic rings. The maximum Gasteiger partial charge on any atom is 0.221 e. The van der Waals surface area contributed by atoms with E-state index in [1.54, 1.807) is 47.0 Å². The van der Waals surface area contributed by atoms with Gasteiger partial charge in [-0.1, -0.05) is 53.5 Å². The second-order valence-corrected chi connectivity index (χ2v) is 7.56. The molecule has 0 bridgehead atoms. The Morgan fingerprint density at radius 3 is 2.20 bits per heavy atom. The molecule has 0 saturated carbocycles. The summed E-state index contributed by atoms with van der Waals surface area (Å²) in [6.45, 7) is -0.00198. The van der Waals surface area contributed by atoms with Gasteiger partial charge in [0, 0.05) is 15.6 Å². The Morgan fingerprint density at radius 1 is 0.867 bits per heavy atom. The first-order valence-electron chi connectivity index (χ1n) is 9.23. The van der Waals surface area contributed by atoms with E-state index in [0.29, 0.717) is 21.1 Å². The highest BCUT2D eigenvalue weighted by Gasteiger charge is 2.18. The summed E-state index contributed by atoms with van der Waals surface area (Å²) in [7, 11) is 0. The minimum atomic E-state index is -0.287. The van der Waals surface area contributed by atoms with Gasteiger partial charge in [0.1, 0.15) is 0 Å². The number of carbonyl (C=O) groups excluding carboxylic acids is 2. The maximum absolute atomic E-state index is 12.9. The summed E-state index contributed by atoms with van der Waals surface area (Å²) >= 11 is 11.8. The van der Waals surface area contributed by atoms with E-state index in [2.05, 4.69) is 4.98 Å². The minimum Gasteiger partial charge on any atom is -0.313 e. The summed E-state index contributed by atoms with van der Waals surface area (Å²) in [5.41, 5.74) is 2.74. The molecule has 0 spiro atoms. The van der Waals surface area contributed by atoms with Crippen LogP contribution in [0.25, 0.3) is 17.1 Å². The summed E-state index contributed by atoms with van der Waals surface area (Å²) in [6.07, 6.45) is 3.15. The Labute approximate surface area is 183 Å².